The van der Waals surface area contributed by atoms with E-state index < -0.39 is 23.8 Å². The Hall–Kier alpha value is -2.99. The molecular formula is C19H16F3NO4S. The van der Waals surface area contributed by atoms with E-state index in [0.29, 0.717) is 5.56 Å². The van der Waals surface area contributed by atoms with E-state index >= 15 is 0 Å². The summed E-state index contributed by atoms with van der Waals surface area (Å²) in [5.74, 6) is 2.36. The molecule has 0 fully saturated rings. The number of ether oxygens (including phenoxy) is 2. The van der Waals surface area contributed by atoms with Crippen molar-refractivity contribution in [1.82, 2.24) is 5.32 Å². The van der Waals surface area contributed by atoms with Gasteiger partial charge in [0.25, 0.3) is 5.54 Å². The van der Waals surface area contributed by atoms with Crippen molar-refractivity contribution in [3.05, 3.63) is 58.3 Å². The van der Waals surface area contributed by atoms with Crippen LogP contribution in [0.4, 0.5) is 18.0 Å². The van der Waals surface area contributed by atoms with Crippen molar-refractivity contribution in [2.45, 2.75) is 25.2 Å². The summed E-state index contributed by atoms with van der Waals surface area (Å²) in [6, 6.07) is 9.85. The average molecular weight is 411 g/mol. The van der Waals surface area contributed by atoms with Gasteiger partial charge in [-0.15, -0.1) is 0 Å². The highest BCUT2D eigenvalue weighted by Crippen LogP contribution is 2.32. The molecule has 1 aromatic carbocycles. The van der Waals surface area contributed by atoms with Crippen LogP contribution in [0.15, 0.2) is 47.2 Å². The van der Waals surface area contributed by atoms with Gasteiger partial charge in [-0.25, -0.2) is 9.59 Å². The van der Waals surface area contributed by atoms with Crippen LogP contribution >= 0.6 is 11.3 Å². The highest BCUT2D eigenvalue weighted by molar-refractivity contribution is 7.08. The first-order valence-electron chi connectivity index (χ1n) is 8.06. The second-order valence-corrected chi connectivity index (χ2v) is 6.20. The maximum Gasteiger partial charge on any atom is 0.434 e. The van der Waals surface area contributed by atoms with Crippen LogP contribution in [0.1, 0.15) is 18.1 Å². The third-order valence-corrected chi connectivity index (χ3v) is 4.11. The van der Waals surface area contributed by atoms with Crippen molar-refractivity contribution in [2.75, 3.05) is 6.61 Å². The number of alkyl halides is 3. The maximum atomic E-state index is 13.8. The summed E-state index contributed by atoms with van der Waals surface area (Å²) in [7, 11) is 0. The number of hydrogen-bond donors (Lipinski definition) is 1. The summed E-state index contributed by atoms with van der Waals surface area (Å²) in [6.07, 6.45) is -6.69. The van der Waals surface area contributed by atoms with E-state index in [0.717, 1.165) is 0 Å². The van der Waals surface area contributed by atoms with E-state index in [9.17, 15) is 22.8 Å². The van der Waals surface area contributed by atoms with Crippen LogP contribution in [0.2, 0.25) is 0 Å². The number of alkyl carbamates (subject to hydrolysis) is 1. The second kappa shape index (κ2) is 9.28. The van der Waals surface area contributed by atoms with E-state index in [4.69, 9.17) is 4.74 Å². The van der Waals surface area contributed by atoms with Gasteiger partial charge in [-0.1, -0.05) is 36.3 Å². The highest BCUT2D eigenvalue weighted by atomic mass is 32.1. The molecule has 0 radical (unpaired) electrons. The van der Waals surface area contributed by atoms with Crippen LogP contribution in [0.3, 0.4) is 0 Å². The van der Waals surface area contributed by atoms with Gasteiger partial charge in [0.15, 0.2) is 0 Å². The van der Waals surface area contributed by atoms with Gasteiger partial charge in [0.05, 0.1) is 6.61 Å². The Balaban J connectivity index is 2.30. The quantitative estimate of drug-likeness (QED) is 0.599. The molecular weight excluding hydrogens is 395 g/mol. The smallest absolute Gasteiger partial charge is 0.434 e. The number of hydrogen-bond acceptors (Lipinski definition) is 5. The molecule has 0 saturated heterocycles. The minimum atomic E-state index is -5.24. The zero-order valence-electron chi connectivity index (χ0n) is 14.7. The van der Waals surface area contributed by atoms with E-state index in [1.165, 1.54) is 29.7 Å². The minimum Gasteiger partial charge on any atom is -0.463 e. The van der Waals surface area contributed by atoms with Crippen molar-refractivity contribution < 1.29 is 32.2 Å². The Morgan fingerprint density at radius 2 is 1.86 bits per heavy atom. The fourth-order valence-corrected chi connectivity index (χ4v) is 2.63. The Morgan fingerprint density at radius 1 is 1.14 bits per heavy atom. The van der Waals surface area contributed by atoms with Crippen molar-refractivity contribution in [3.63, 3.8) is 0 Å². The second-order valence-electron chi connectivity index (χ2n) is 5.42. The third kappa shape index (κ3) is 5.27. The van der Waals surface area contributed by atoms with Crippen LogP contribution in [0.5, 0.6) is 0 Å². The number of esters is 1. The topological polar surface area (TPSA) is 64.6 Å². The molecule has 1 aromatic heterocycles. The number of amides is 1. The first-order valence-corrected chi connectivity index (χ1v) is 9.01. The lowest BCUT2D eigenvalue weighted by atomic mass is 9.99. The number of nitrogens with one attached hydrogen (secondary N) is 1. The lowest BCUT2D eigenvalue weighted by Gasteiger charge is -2.29. The van der Waals surface area contributed by atoms with Crippen molar-refractivity contribution in [2.24, 2.45) is 0 Å². The van der Waals surface area contributed by atoms with Gasteiger partial charge < -0.3 is 9.47 Å². The molecule has 2 rings (SSSR count). The first kappa shape index (κ1) is 21.3. The molecule has 1 N–H and O–H groups in total. The molecule has 0 unspecified atom stereocenters. The molecule has 1 heterocycles. The average Bonchev–Trinajstić information content (AvgIpc) is 3.17. The summed E-state index contributed by atoms with van der Waals surface area (Å²) in [5.41, 5.74) is -2.73. The molecule has 0 spiro atoms. The standard InChI is InChI=1S/C19H16F3NO4S/c1-2-26-16(24)18(19(20,21)22,10-8-15-9-11-28-13-15)23-17(25)27-12-14-6-4-3-5-7-14/h3-7,9,11,13H,2,12H2,1H3,(H,23,25)/t18-/m1/s1. The Bertz CT molecular complexity index is 857. The molecule has 0 aliphatic rings. The minimum absolute atomic E-state index is 0.266. The lowest BCUT2D eigenvalue weighted by Crippen LogP contribution is -2.63. The summed E-state index contributed by atoms with van der Waals surface area (Å²) < 4.78 is 50.8. The van der Waals surface area contributed by atoms with Crippen molar-refractivity contribution in [3.8, 4) is 11.8 Å². The van der Waals surface area contributed by atoms with E-state index in [-0.39, 0.29) is 18.8 Å². The fourth-order valence-electron chi connectivity index (χ4n) is 2.04. The first-order chi connectivity index (χ1) is 13.3. The summed E-state index contributed by atoms with van der Waals surface area (Å²) in [5, 5.41) is 4.68. The number of halogens is 3. The van der Waals surface area contributed by atoms with Gasteiger partial charge in [-0.2, -0.15) is 24.5 Å². The van der Waals surface area contributed by atoms with Crippen LogP contribution in [-0.2, 0) is 20.9 Å². The van der Waals surface area contributed by atoms with Crippen LogP contribution in [0.25, 0.3) is 0 Å². The van der Waals surface area contributed by atoms with Gasteiger partial charge in [-0.3, -0.25) is 5.32 Å². The summed E-state index contributed by atoms with van der Waals surface area (Å²) in [6.45, 7) is 0.748. The number of rotatable bonds is 5. The number of thiophene rings is 1. The highest BCUT2D eigenvalue weighted by Gasteiger charge is 2.63. The summed E-state index contributed by atoms with van der Waals surface area (Å²) >= 11 is 1.22. The van der Waals surface area contributed by atoms with Crippen LogP contribution in [-0.4, -0.2) is 30.4 Å². The fraction of sp³-hybridized carbons (Fsp3) is 0.263. The zero-order chi connectivity index (χ0) is 20.6. The Labute approximate surface area is 163 Å². The Kier molecular flexibility index (Phi) is 7.06. The zero-order valence-corrected chi connectivity index (χ0v) is 15.5. The molecule has 1 atom stereocenters. The van der Waals surface area contributed by atoms with Crippen LogP contribution in [0, 0.1) is 11.8 Å². The largest absolute Gasteiger partial charge is 0.463 e. The molecule has 0 saturated carbocycles. The molecule has 0 aliphatic carbocycles. The molecule has 2 aromatic rings. The van der Waals surface area contributed by atoms with Crippen molar-refractivity contribution >= 4 is 23.4 Å². The molecule has 0 bridgehead atoms. The van der Waals surface area contributed by atoms with Gasteiger partial charge in [0.1, 0.15) is 6.61 Å². The van der Waals surface area contributed by atoms with E-state index in [2.05, 4.69) is 10.7 Å². The van der Waals surface area contributed by atoms with Gasteiger partial charge >= 0.3 is 18.2 Å². The predicted molar refractivity (Wildman–Crippen MR) is 96.4 cm³/mol. The van der Waals surface area contributed by atoms with Crippen LogP contribution < -0.4 is 5.32 Å². The van der Waals surface area contributed by atoms with Gasteiger partial charge in [-0.05, 0) is 29.9 Å². The SMILES string of the molecule is CCOC(=O)[C@@](C#Cc1ccsc1)(NC(=O)OCc1ccccc1)C(F)(F)F. The predicted octanol–water partition coefficient (Wildman–Crippen LogP) is 3.89. The monoisotopic (exact) mass is 411 g/mol. The lowest BCUT2D eigenvalue weighted by molar-refractivity contribution is -0.198. The summed E-state index contributed by atoms with van der Waals surface area (Å²) in [4.78, 5) is 24.2. The maximum absolute atomic E-state index is 13.8. The molecule has 5 nitrogen and oxygen atoms in total. The molecule has 28 heavy (non-hydrogen) atoms. The number of carbonyl (C=O) groups is 2. The number of carbonyl (C=O) groups excluding carboxylic acids is 2. The van der Waals surface area contributed by atoms with E-state index in [1.807, 2.05) is 5.92 Å². The molecule has 0 aliphatic heterocycles. The van der Waals surface area contributed by atoms with Crippen molar-refractivity contribution in [1.29, 1.82) is 0 Å². The number of benzene rings is 1. The molecule has 9 heteroatoms. The van der Waals surface area contributed by atoms with E-state index in [1.54, 1.807) is 41.0 Å². The third-order valence-electron chi connectivity index (χ3n) is 3.42. The Morgan fingerprint density at radius 3 is 2.43 bits per heavy atom. The van der Waals surface area contributed by atoms with Gasteiger partial charge in [0.2, 0.25) is 0 Å². The normalized spacial score (nSPS) is 12.9. The molecule has 148 valence electrons. The molecule has 1 amide bonds. The van der Waals surface area contributed by atoms with Gasteiger partial charge in [0, 0.05) is 10.9 Å².